The highest BCUT2D eigenvalue weighted by molar-refractivity contribution is 6.46. The summed E-state index contributed by atoms with van der Waals surface area (Å²) in [6, 6.07) is 19.4. The van der Waals surface area contributed by atoms with Crippen molar-refractivity contribution in [2.45, 2.75) is 26.4 Å². The lowest BCUT2D eigenvalue weighted by Gasteiger charge is -2.26. The van der Waals surface area contributed by atoms with Gasteiger partial charge in [0.05, 0.1) is 24.4 Å². The van der Waals surface area contributed by atoms with Crippen LogP contribution in [0.15, 0.2) is 83.0 Å². The predicted octanol–water partition coefficient (Wildman–Crippen LogP) is 4.75. The maximum Gasteiger partial charge on any atom is 0.296 e. The lowest BCUT2D eigenvalue weighted by Crippen LogP contribution is -2.29. The number of carbonyl (C=O) groups is 2. The molecule has 1 fully saturated rings. The van der Waals surface area contributed by atoms with Crippen LogP contribution in [0.25, 0.3) is 5.76 Å². The highest BCUT2D eigenvalue weighted by Crippen LogP contribution is 2.40. The lowest BCUT2D eigenvalue weighted by molar-refractivity contribution is -0.140. The third kappa shape index (κ3) is 3.91. The minimum Gasteiger partial charge on any atom is -0.507 e. The number of hydrogen-bond acceptors (Lipinski definition) is 5. The summed E-state index contributed by atoms with van der Waals surface area (Å²) in [7, 11) is 0. The van der Waals surface area contributed by atoms with Crippen molar-refractivity contribution in [3.8, 4) is 0 Å². The summed E-state index contributed by atoms with van der Waals surface area (Å²) < 4.78 is 5.43. The van der Waals surface area contributed by atoms with Gasteiger partial charge in [-0.2, -0.15) is 0 Å². The summed E-state index contributed by atoms with van der Waals surface area (Å²) >= 11 is 0. The molecule has 1 unspecified atom stereocenters. The van der Waals surface area contributed by atoms with E-state index in [1.54, 1.807) is 36.4 Å². The standard InChI is InChI=1S/C26H26N2O4/c1-3-27(4-2)20-14-12-18(13-15-20)23-22(24(29)19-9-6-5-7-10-19)25(30)26(31)28(23)17-21-11-8-16-32-21/h5-16,23,29H,3-4,17H2,1-2H3/b24-22+. The second kappa shape index (κ2) is 9.14. The van der Waals surface area contributed by atoms with Crippen LogP contribution in [0.4, 0.5) is 5.69 Å². The molecule has 1 amide bonds. The third-order valence-electron chi connectivity index (χ3n) is 5.83. The van der Waals surface area contributed by atoms with Crippen LogP contribution in [0.2, 0.25) is 0 Å². The number of aliphatic hydroxyl groups is 1. The zero-order chi connectivity index (χ0) is 22.7. The Bertz CT molecular complexity index is 1110. The third-order valence-corrected chi connectivity index (χ3v) is 5.83. The van der Waals surface area contributed by atoms with Crippen molar-refractivity contribution in [3.05, 3.63) is 95.5 Å². The minimum atomic E-state index is -0.717. The molecule has 2 aromatic carbocycles. The van der Waals surface area contributed by atoms with E-state index < -0.39 is 17.7 Å². The van der Waals surface area contributed by atoms with E-state index in [1.165, 1.54) is 11.2 Å². The van der Waals surface area contributed by atoms with E-state index in [4.69, 9.17) is 4.42 Å². The second-order valence-electron chi connectivity index (χ2n) is 7.64. The number of furan rings is 1. The summed E-state index contributed by atoms with van der Waals surface area (Å²) in [6.45, 7) is 6.07. The summed E-state index contributed by atoms with van der Waals surface area (Å²) in [4.78, 5) is 29.7. The smallest absolute Gasteiger partial charge is 0.296 e. The van der Waals surface area contributed by atoms with E-state index in [0.29, 0.717) is 11.3 Å². The van der Waals surface area contributed by atoms with E-state index in [1.807, 2.05) is 30.3 Å². The number of amides is 1. The molecule has 1 aliphatic rings. The largest absolute Gasteiger partial charge is 0.507 e. The van der Waals surface area contributed by atoms with E-state index in [9.17, 15) is 14.7 Å². The van der Waals surface area contributed by atoms with Crippen LogP contribution in [0.3, 0.4) is 0 Å². The molecule has 1 aliphatic heterocycles. The second-order valence-corrected chi connectivity index (χ2v) is 7.64. The van der Waals surface area contributed by atoms with Gasteiger partial charge in [-0.15, -0.1) is 0 Å². The SMILES string of the molecule is CCN(CC)c1ccc(C2/C(=C(\O)c3ccccc3)C(=O)C(=O)N2Cc2ccco2)cc1. The number of carbonyl (C=O) groups excluding carboxylic acids is 2. The quantitative estimate of drug-likeness (QED) is 0.333. The minimum absolute atomic E-state index is 0.0864. The number of ketones is 1. The molecule has 32 heavy (non-hydrogen) atoms. The number of anilines is 1. The Morgan fingerprint density at radius 3 is 2.25 bits per heavy atom. The molecule has 4 rings (SSSR count). The Labute approximate surface area is 187 Å². The molecular weight excluding hydrogens is 404 g/mol. The molecule has 3 aromatic rings. The van der Waals surface area contributed by atoms with Crippen molar-refractivity contribution < 1.29 is 19.1 Å². The van der Waals surface area contributed by atoms with Gasteiger partial charge in [0, 0.05) is 24.3 Å². The summed E-state index contributed by atoms with van der Waals surface area (Å²) in [5.41, 5.74) is 2.39. The normalized spacial score (nSPS) is 17.7. The van der Waals surface area contributed by atoms with E-state index in [-0.39, 0.29) is 17.9 Å². The van der Waals surface area contributed by atoms with Crippen molar-refractivity contribution >= 4 is 23.1 Å². The first kappa shape index (κ1) is 21.4. The number of aliphatic hydroxyl groups excluding tert-OH is 1. The molecule has 0 aliphatic carbocycles. The monoisotopic (exact) mass is 430 g/mol. The Kier molecular flexibility index (Phi) is 6.12. The maximum absolute atomic E-state index is 13.1. The number of rotatable bonds is 7. The summed E-state index contributed by atoms with van der Waals surface area (Å²) in [5.74, 6) is -0.965. The Hall–Kier alpha value is -3.80. The molecular formula is C26H26N2O4. The predicted molar refractivity (Wildman–Crippen MR) is 123 cm³/mol. The van der Waals surface area contributed by atoms with Gasteiger partial charge < -0.3 is 19.3 Å². The summed E-state index contributed by atoms with van der Waals surface area (Å²) in [5, 5.41) is 11.1. The molecule has 2 heterocycles. The molecule has 0 bridgehead atoms. The van der Waals surface area contributed by atoms with Gasteiger partial charge in [0.2, 0.25) is 0 Å². The summed E-state index contributed by atoms with van der Waals surface area (Å²) in [6.07, 6.45) is 1.53. The lowest BCUT2D eigenvalue weighted by atomic mass is 9.95. The Balaban J connectivity index is 1.82. The Morgan fingerprint density at radius 2 is 1.66 bits per heavy atom. The van der Waals surface area contributed by atoms with Crippen molar-refractivity contribution in [2.24, 2.45) is 0 Å². The van der Waals surface area contributed by atoms with Gasteiger partial charge in [0.1, 0.15) is 11.5 Å². The first-order valence-corrected chi connectivity index (χ1v) is 10.8. The van der Waals surface area contributed by atoms with E-state index >= 15 is 0 Å². The van der Waals surface area contributed by atoms with Gasteiger partial charge in [-0.1, -0.05) is 42.5 Å². The molecule has 6 heteroatoms. The molecule has 0 saturated carbocycles. The van der Waals surface area contributed by atoms with Crippen LogP contribution in [-0.2, 0) is 16.1 Å². The zero-order valence-corrected chi connectivity index (χ0v) is 18.2. The van der Waals surface area contributed by atoms with Gasteiger partial charge in [-0.3, -0.25) is 9.59 Å². The molecule has 1 saturated heterocycles. The van der Waals surface area contributed by atoms with Crippen molar-refractivity contribution in [2.75, 3.05) is 18.0 Å². The number of benzene rings is 2. The van der Waals surface area contributed by atoms with Crippen LogP contribution in [-0.4, -0.2) is 34.8 Å². The molecule has 0 spiro atoms. The van der Waals surface area contributed by atoms with Gasteiger partial charge in [-0.25, -0.2) is 0 Å². The van der Waals surface area contributed by atoms with Gasteiger partial charge >= 0.3 is 0 Å². The van der Waals surface area contributed by atoms with Crippen LogP contribution in [0.1, 0.15) is 36.8 Å². The zero-order valence-electron chi connectivity index (χ0n) is 18.2. The fourth-order valence-corrected chi connectivity index (χ4v) is 4.17. The van der Waals surface area contributed by atoms with Crippen LogP contribution in [0, 0.1) is 0 Å². The van der Waals surface area contributed by atoms with Gasteiger partial charge in [0.15, 0.2) is 0 Å². The van der Waals surface area contributed by atoms with E-state index in [0.717, 1.165) is 24.3 Å². The highest BCUT2D eigenvalue weighted by Gasteiger charge is 2.46. The average molecular weight is 431 g/mol. The number of likely N-dealkylation sites (tertiary alicyclic amines) is 1. The van der Waals surface area contributed by atoms with Crippen molar-refractivity contribution in [1.29, 1.82) is 0 Å². The first-order valence-electron chi connectivity index (χ1n) is 10.8. The van der Waals surface area contributed by atoms with Crippen LogP contribution < -0.4 is 4.90 Å². The highest BCUT2D eigenvalue weighted by atomic mass is 16.3. The number of hydrogen-bond donors (Lipinski definition) is 1. The maximum atomic E-state index is 13.1. The number of Topliss-reactive ketones (excluding diaryl/α,β-unsaturated/α-hetero) is 1. The Morgan fingerprint density at radius 1 is 0.969 bits per heavy atom. The van der Waals surface area contributed by atoms with Crippen LogP contribution in [0.5, 0.6) is 0 Å². The van der Waals surface area contributed by atoms with Gasteiger partial charge in [-0.05, 0) is 43.7 Å². The number of nitrogens with zero attached hydrogens (tertiary/aromatic N) is 2. The van der Waals surface area contributed by atoms with Crippen molar-refractivity contribution in [1.82, 2.24) is 4.90 Å². The fraction of sp³-hybridized carbons (Fsp3) is 0.231. The van der Waals surface area contributed by atoms with E-state index in [2.05, 4.69) is 18.7 Å². The fourth-order valence-electron chi connectivity index (χ4n) is 4.17. The average Bonchev–Trinajstić information content (AvgIpc) is 3.43. The first-order chi connectivity index (χ1) is 15.5. The topological polar surface area (TPSA) is 74.0 Å². The molecule has 1 N–H and O–H groups in total. The molecule has 0 radical (unpaired) electrons. The van der Waals surface area contributed by atoms with Crippen LogP contribution >= 0.6 is 0 Å². The molecule has 1 aromatic heterocycles. The molecule has 164 valence electrons. The van der Waals surface area contributed by atoms with Crippen molar-refractivity contribution in [3.63, 3.8) is 0 Å². The van der Waals surface area contributed by atoms with Gasteiger partial charge in [0.25, 0.3) is 11.7 Å². The molecule has 6 nitrogen and oxygen atoms in total. The molecule has 1 atom stereocenters.